The number of primary amides is 1. The van der Waals surface area contributed by atoms with Crippen molar-refractivity contribution in [1.29, 1.82) is 0 Å². The maximum absolute atomic E-state index is 12.1. The van der Waals surface area contributed by atoms with Crippen LogP contribution in [0.2, 0.25) is 0 Å². The number of alkyl halides is 3. The highest BCUT2D eigenvalue weighted by atomic mass is 32.2. The first kappa shape index (κ1) is 36.0. The zero-order chi connectivity index (χ0) is 31.2. The second kappa shape index (κ2) is 17.7. The molecule has 1 fully saturated rings. The summed E-state index contributed by atoms with van der Waals surface area (Å²) in [7, 11) is -1.06. The quantitative estimate of drug-likeness (QED) is 0.374. The number of aromatic nitrogens is 2. The highest BCUT2D eigenvalue weighted by molar-refractivity contribution is 7.85. The fourth-order valence-corrected chi connectivity index (χ4v) is 4.66. The van der Waals surface area contributed by atoms with Crippen LogP contribution < -0.4 is 11.1 Å². The van der Waals surface area contributed by atoms with E-state index in [2.05, 4.69) is 15.0 Å². The number of halogens is 3. The molecule has 230 valence electrons. The molecule has 2 atom stereocenters. The van der Waals surface area contributed by atoms with Gasteiger partial charge in [-0.15, -0.1) is 13.2 Å². The number of amides is 1. The van der Waals surface area contributed by atoms with Gasteiger partial charge in [0.2, 0.25) is 5.91 Å². The Bertz CT molecular complexity index is 1180. The van der Waals surface area contributed by atoms with E-state index in [1.165, 1.54) is 19.9 Å². The maximum atomic E-state index is 12.1. The summed E-state index contributed by atoms with van der Waals surface area (Å²) in [5.74, 6) is 0.805. The van der Waals surface area contributed by atoms with Gasteiger partial charge in [-0.05, 0) is 44.9 Å². The van der Waals surface area contributed by atoms with Crippen molar-refractivity contribution in [3.05, 3.63) is 53.4 Å². The van der Waals surface area contributed by atoms with Gasteiger partial charge in [-0.25, -0.2) is 18.5 Å². The number of nitrogens with zero attached hydrogens (tertiary/aromatic N) is 4. The number of hydrogen-bond donors (Lipinski definition) is 2. The average Bonchev–Trinajstić information content (AvgIpc) is 2.92. The minimum absolute atomic E-state index is 0.0331. The highest BCUT2D eigenvalue weighted by Crippen LogP contribution is 2.23. The molecule has 1 aliphatic heterocycles. The van der Waals surface area contributed by atoms with E-state index in [0.717, 1.165) is 37.1 Å². The molecule has 2 heterocycles. The Labute approximate surface area is 243 Å². The molecule has 3 rings (SSSR count). The summed E-state index contributed by atoms with van der Waals surface area (Å²) in [6.45, 7) is 16.1. The third kappa shape index (κ3) is 12.6. The molecule has 0 radical (unpaired) electrons. The number of rotatable bonds is 9. The summed E-state index contributed by atoms with van der Waals surface area (Å²) in [5.41, 5.74) is 6.41. The lowest BCUT2D eigenvalue weighted by molar-refractivity contribution is -0.305. The third-order valence-corrected chi connectivity index (χ3v) is 7.18. The molecule has 0 saturated carbocycles. The number of anilines is 1. The van der Waals surface area contributed by atoms with Crippen molar-refractivity contribution in [3.8, 4) is 0 Å². The standard InChI is InChI=1S/C21H30N6O2S.C5H7F3O.C2H6/c1-4-13-30(29)27-11-9-26(10-12-27)14-18-23-17-8-6-5-7-16(17)21(24-18)25-19(15(2)3)20(22)28;1-3-4(2)9-5(6,7)8;1-2/h4-8,13,15,19H,9-12,14H2,1-3H3,(H2,22,28)(H,23,24,25);3H,1-2H3;1-2H3/b13-4+;4-3+;. The van der Waals surface area contributed by atoms with Gasteiger partial charge >= 0.3 is 6.36 Å². The minimum atomic E-state index is -4.55. The molecule has 13 heteroatoms. The van der Waals surface area contributed by atoms with Gasteiger partial charge < -0.3 is 15.8 Å². The summed E-state index contributed by atoms with van der Waals surface area (Å²) in [6, 6.07) is 7.23. The number of piperazine rings is 1. The maximum Gasteiger partial charge on any atom is 0.572 e. The lowest BCUT2D eigenvalue weighted by atomic mass is 10.0. The number of carbonyl (C=O) groups excluding carboxylic acids is 1. The van der Waals surface area contributed by atoms with Gasteiger partial charge in [-0.2, -0.15) is 0 Å². The predicted octanol–water partition coefficient (Wildman–Crippen LogP) is 5.34. The number of para-hydroxylation sites is 1. The molecule has 1 saturated heterocycles. The number of hydrogen-bond acceptors (Lipinski definition) is 7. The molecule has 2 unspecified atom stereocenters. The normalized spacial score (nSPS) is 16.4. The van der Waals surface area contributed by atoms with Gasteiger partial charge in [0.05, 0.1) is 17.8 Å². The summed E-state index contributed by atoms with van der Waals surface area (Å²) >= 11 is 0. The lowest BCUT2D eigenvalue weighted by Crippen LogP contribution is -2.46. The molecule has 0 spiro atoms. The van der Waals surface area contributed by atoms with E-state index in [9.17, 15) is 22.2 Å². The van der Waals surface area contributed by atoms with E-state index in [1.54, 1.807) is 5.41 Å². The molecular formula is C28H43F3N6O3S. The van der Waals surface area contributed by atoms with Gasteiger partial charge in [-0.3, -0.25) is 9.69 Å². The van der Waals surface area contributed by atoms with Gasteiger partial charge in [-0.1, -0.05) is 45.9 Å². The van der Waals surface area contributed by atoms with E-state index in [4.69, 9.17) is 15.7 Å². The Kier molecular flexibility index (Phi) is 15.5. The van der Waals surface area contributed by atoms with Crippen LogP contribution in [0.1, 0.15) is 54.3 Å². The summed E-state index contributed by atoms with van der Waals surface area (Å²) in [4.78, 5) is 23.6. The van der Waals surface area contributed by atoms with E-state index in [-0.39, 0.29) is 11.7 Å². The van der Waals surface area contributed by atoms with Crippen molar-refractivity contribution in [2.24, 2.45) is 11.7 Å². The van der Waals surface area contributed by atoms with Gasteiger partial charge in [0.15, 0.2) is 0 Å². The highest BCUT2D eigenvalue weighted by Gasteiger charge is 2.30. The molecule has 1 aromatic carbocycles. The average molecular weight is 601 g/mol. The number of ether oxygens (including phenoxy) is 1. The number of allylic oxidation sites excluding steroid dienone is 3. The smallest absolute Gasteiger partial charge is 0.411 e. The Hall–Kier alpha value is -3.03. The van der Waals surface area contributed by atoms with Crippen molar-refractivity contribution < 1.29 is 26.9 Å². The van der Waals surface area contributed by atoms with E-state index < -0.39 is 29.3 Å². The summed E-state index contributed by atoms with van der Waals surface area (Å²) in [6.07, 6.45) is -1.49. The number of carbonyl (C=O) groups is 1. The molecule has 0 bridgehead atoms. The fourth-order valence-electron chi connectivity index (χ4n) is 3.73. The SMILES string of the molecule is C/C=C(\C)OC(F)(F)F.C/C=C/S(=O)N1CCN(Cc2nc(NC(C(N)=O)C(C)C)c3ccccc3n2)CC1.CC. The zero-order valence-corrected chi connectivity index (χ0v) is 25.7. The Balaban J connectivity index is 0.000000653. The number of nitrogens with two attached hydrogens (primary N) is 1. The molecule has 1 aromatic heterocycles. The van der Waals surface area contributed by atoms with Crippen LogP contribution in [-0.2, 0) is 27.1 Å². The molecule has 0 aliphatic carbocycles. The van der Waals surface area contributed by atoms with Crippen molar-refractivity contribution >= 4 is 33.6 Å². The largest absolute Gasteiger partial charge is 0.572 e. The Morgan fingerprint density at radius 3 is 2.24 bits per heavy atom. The topological polar surface area (TPSA) is 114 Å². The van der Waals surface area contributed by atoms with Crippen LogP contribution in [0.15, 0.2) is 47.6 Å². The first-order valence-corrected chi connectivity index (χ1v) is 14.7. The van der Waals surface area contributed by atoms with Gasteiger partial charge in [0.25, 0.3) is 0 Å². The fraction of sp³-hybridized carbons (Fsp3) is 0.536. The van der Waals surface area contributed by atoms with E-state index in [0.29, 0.717) is 18.2 Å². The van der Waals surface area contributed by atoms with Crippen molar-refractivity contribution in [2.45, 2.75) is 67.4 Å². The molecular weight excluding hydrogens is 557 g/mol. The lowest BCUT2D eigenvalue weighted by Gasteiger charge is -2.32. The van der Waals surface area contributed by atoms with Crippen LogP contribution in [0.5, 0.6) is 0 Å². The second-order valence-electron chi connectivity index (χ2n) is 9.17. The monoisotopic (exact) mass is 600 g/mol. The summed E-state index contributed by atoms with van der Waals surface area (Å²) < 4.78 is 51.2. The Morgan fingerprint density at radius 2 is 1.76 bits per heavy atom. The first-order chi connectivity index (χ1) is 19.3. The van der Waals surface area contributed by atoms with Crippen LogP contribution >= 0.6 is 0 Å². The van der Waals surface area contributed by atoms with Gasteiger partial charge in [0, 0.05) is 37.0 Å². The third-order valence-electron chi connectivity index (χ3n) is 5.80. The number of nitrogens with one attached hydrogen (secondary N) is 1. The second-order valence-corrected chi connectivity index (χ2v) is 10.5. The molecule has 9 nitrogen and oxygen atoms in total. The molecule has 1 amide bonds. The first-order valence-electron chi connectivity index (χ1n) is 13.6. The summed E-state index contributed by atoms with van der Waals surface area (Å²) in [5, 5.41) is 5.81. The predicted molar refractivity (Wildman–Crippen MR) is 159 cm³/mol. The minimum Gasteiger partial charge on any atom is -0.411 e. The number of benzene rings is 1. The number of fused-ring (bicyclic) bond motifs is 1. The molecule has 1 aliphatic rings. The van der Waals surface area contributed by atoms with Crippen molar-refractivity contribution in [2.75, 3.05) is 31.5 Å². The molecule has 3 N–H and O–H groups in total. The molecule has 2 aromatic rings. The van der Waals surface area contributed by atoms with Crippen LogP contribution in [0.3, 0.4) is 0 Å². The molecule has 41 heavy (non-hydrogen) atoms. The van der Waals surface area contributed by atoms with Crippen LogP contribution in [0, 0.1) is 5.92 Å². The van der Waals surface area contributed by atoms with Crippen LogP contribution in [-0.4, -0.2) is 67.9 Å². The van der Waals surface area contributed by atoms with Crippen LogP contribution in [0.4, 0.5) is 19.0 Å². The Morgan fingerprint density at radius 1 is 1.15 bits per heavy atom. The van der Waals surface area contributed by atoms with Crippen molar-refractivity contribution in [1.82, 2.24) is 19.2 Å². The zero-order valence-electron chi connectivity index (χ0n) is 24.9. The van der Waals surface area contributed by atoms with E-state index >= 15 is 0 Å². The van der Waals surface area contributed by atoms with Gasteiger partial charge in [0.1, 0.15) is 28.7 Å². The van der Waals surface area contributed by atoms with Crippen LogP contribution in [0.25, 0.3) is 10.9 Å². The van der Waals surface area contributed by atoms with E-state index in [1.807, 2.05) is 69.3 Å². The van der Waals surface area contributed by atoms with Crippen molar-refractivity contribution in [3.63, 3.8) is 0 Å².